The van der Waals surface area contributed by atoms with E-state index in [0.29, 0.717) is 18.7 Å². The standard InChI is InChI=1S/C27H45N3O5/c1-7-9-11-12-13-19-30(25(33)20(3)29-26(34)35-27(4,5)6)23(24(32)28-18-10-8-2)21-14-16-22(31)17-15-21/h14-17,20,23,31H,7-13,18-19H2,1-6H3,(H,28,32)(H,29,34). The van der Waals surface area contributed by atoms with Gasteiger partial charge in [-0.15, -0.1) is 0 Å². The fourth-order valence-electron chi connectivity index (χ4n) is 3.66. The molecule has 0 radical (unpaired) electrons. The van der Waals surface area contributed by atoms with Gasteiger partial charge in [0.2, 0.25) is 11.8 Å². The molecular weight excluding hydrogens is 446 g/mol. The van der Waals surface area contributed by atoms with Crippen LogP contribution >= 0.6 is 0 Å². The fourth-order valence-corrected chi connectivity index (χ4v) is 3.66. The largest absolute Gasteiger partial charge is 0.508 e. The van der Waals surface area contributed by atoms with Crippen LogP contribution < -0.4 is 10.6 Å². The van der Waals surface area contributed by atoms with Crippen molar-refractivity contribution >= 4 is 17.9 Å². The van der Waals surface area contributed by atoms with Crippen molar-refractivity contribution in [3.63, 3.8) is 0 Å². The number of hydrogen-bond donors (Lipinski definition) is 3. The van der Waals surface area contributed by atoms with E-state index in [0.717, 1.165) is 44.9 Å². The number of nitrogens with one attached hydrogen (secondary N) is 2. The Kier molecular flexibility index (Phi) is 13.2. The highest BCUT2D eigenvalue weighted by Gasteiger charge is 2.34. The molecule has 0 saturated carbocycles. The lowest BCUT2D eigenvalue weighted by atomic mass is 10.0. The lowest BCUT2D eigenvalue weighted by Gasteiger charge is -2.34. The summed E-state index contributed by atoms with van der Waals surface area (Å²) >= 11 is 0. The molecule has 0 saturated heterocycles. The van der Waals surface area contributed by atoms with Crippen LogP contribution in [0.1, 0.15) is 98.1 Å². The van der Waals surface area contributed by atoms with Crippen molar-refractivity contribution in [3.8, 4) is 5.75 Å². The Labute approximate surface area is 210 Å². The summed E-state index contributed by atoms with van der Waals surface area (Å²) in [4.78, 5) is 40.8. The van der Waals surface area contributed by atoms with E-state index in [4.69, 9.17) is 4.74 Å². The maximum atomic E-state index is 13.6. The van der Waals surface area contributed by atoms with E-state index in [9.17, 15) is 19.5 Å². The summed E-state index contributed by atoms with van der Waals surface area (Å²) in [5.74, 6) is -0.568. The molecule has 0 aliphatic heterocycles. The number of benzene rings is 1. The van der Waals surface area contributed by atoms with Crippen LogP contribution in [0.25, 0.3) is 0 Å². The Morgan fingerprint density at radius 1 is 0.971 bits per heavy atom. The summed E-state index contributed by atoms with van der Waals surface area (Å²) in [5, 5.41) is 15.3. The summed E-state index contributed by atoms with van der Waals surface area (Å²) in [7, 11) is 0. The van der Waals surface area contributed by atoms with Gasteiger partial charge in [-0.05, 0) is 58.2 Å². The van der Waals surface area contributed by atoms with Gasteiger partial charge in [0, 0.05) is 13.1 Å². The minimum absolute atomic E-state index is 0.0799. The molecule has 2 atom stereocenters. The monoisotopic (exact) mass is 491 g/mol. The molecule has 0 heterocycles. The first-order valence-electron chi connectivity index (χ1n) is 12.9. The highest BCUT2D eigenvalue weighted by atomic mass is 16.6. The third-order valence-corrected chi connectivity index (χ3v) is 5.49. The number of nitrogens with zero attached hydrogens (tertiary/aromatic N) is 1. The van der Waals surface area contributed by atoms with Crippen molar-refractivity contribution in [1.29, 1.82) is 0 Å². The average Bonchev–Trinajstić information content (AvgIpc) is 2.77. The van der Waals surface area contributed by atoms with Crippen molar-refractivity contribution in [1.82, 2.24) is 15.5 Å². The molecule has 1 rings (SSSR count). The molecule has 8 heteroatoms. The van der Waals surface area contributed by atoms with Crippen LogP contribution in [0.3, 0.4) is 0 Å². The van der Waals surface area contributed by atoms with Crippen LogP contribution in [0.15, 0.2) is 24.3 Å². The third kappa shape index (κ3) is 11.5. The number of amides is 3. The van der Waals surface area contributed by atoms with Crippen molar-refractivity contribution in [2.24, 2.45) is 0 Å². The number of aromatic hydroxyl groups is 1. The van der Waals surface area contributed by atoms with E-state index < -0.39 is 23.8 Å². The molecule has 0 spiro atoms. The topological polar surface area (TPSA) is 108 Å². The molecule has 3 amide bonds. The van der Waals surface area contributed by atoms with Crippen LogP contribution in [0.5, 0.6) is 5.75 Å². The maximum absolute atomic E-state index is 13.6. The Morgan fingerprint density at radius 3 is 2.14 bits per heavy atom. The molecule has 0 aliphatic carbocycles. The smallest absolute Gasteiger partial charge is 0.408 e. The second kappa shape index (κ2) is 15.3. The zero-order valence-corrected chi connectivity index (χ0v) is 22.4. The van der Waals surface area contributed by atoms with E-state index >= 15 is 0 Å². The summed E-state index contributed by atoms with van der Waals surface area (Å²) in [6.45, 7) is 11.9. The number of rotatable bonds is 14. The first-order valence-corrected chi connectivity index (χ1v) is 12.9. The number of alkyl carbamates (subject to hydrolysis) is 1. The quantitative estimate of drug-likeness (QED) is 0.315. The van der Waals surface area contributed by atoms with Crippen molar-refractivity contribution < 1.29 is 24.2 Å². The molecule has 0 aromatic heterocycles. The van der Waals surface area contributed by atoms with Gasteiger partial charge in [0.15, 0.2) is 0 Å². The van der Waals surface area contributed by atoms with Gasteiger partial charge in [-0.1, -0.05) is 58.1 Å². The molecule has 0 aliphatic rings. The van der Waals surface area contributed by atoms with Crippen molar-refractivity contribution in [2.75, 3.05) is 13.1 Å². The van der Waals surface area contributed by atoms with Crippen molar-refractivity contribution in [2.45, 2.75) is 104 Å². The number of hydrogen-bond acceptors (Lipinski definition) is 5. The Morgan fingerprint density at radius 2 is 1.57 bits per heavy atom. The average molecular weight is 492 g/mol. The fraction of sp³-hybridized carbons (Fsp3) is 0.667. The van der Waals surface area contributed by atoms with Crippen LogP contribution in [-0.4, -0.2) is 52.6 Å². The number of carbonyl (C=O) groups is 3. The van der Waals surface area contributed by atoms with Gasteiger partial charge < -0.3 is 25.4 Å². The Balaban J connectivity index is 3.21. The molecule has 8 nitrogen and oxygen atoms in total. The van der Waals surface area contributed by atoms with Crippen molar-refractivity contribution in [3.05, 3.63) is 29.8 Å². The molecule has 35 heavy (non-hydrogen) atoms. The molecule has 0 fully saturated rings. The van der Waals surface area contributed by atoms with Crippen LogP contribution in [0, 0.1) is 0 Å². The molecule has 198 valence electrons. The highest BCUT2D eigenvalue weighted by molar-refractivity contribution is 5.92. The first kappa shape index (κ1) is 30.3. The van der Waals surface area contributed by atoms with Gasteiger partial charge in [-0.25, -0.2) is 4.79 Å². The summed E-state index contributed by atoms with van der Waals surface area (Å²) in [6, 6.07) is 4.56. The second-order valence-electron chi connectivity index (χ2n) is 9.95. The zero-order valence-electron chi connectivity index (χ0n) is 22.4. The molecule has 3 N–H and O–H groups in total. The number of ether oxygens (including phenoxy) is 1. The predicted octanol–water partition coefficient (Wildman–Crippen LogP) is 5.06. The normalized spacial score (nSPS) is 13.0. The van der Waals surface area contributed by atoms with Gasteiger partial charge in [0.05, 0.1) is 0 Å². The number of phenolic OH excluding ortho intramolecular Hbond substituents is 1. The maximum Gasteiger partial charge on any atom is 0.408 e. The van der Waals surface area contributed by atoms with Gasteiger partial charge in [-0.2, -0.15) is 0 Å². The molecule has 1 aromatic rings. The minimum Gasteiger partial charge on any atom is -0.508 e. The van der Waals surface area contributed by atoms with Crippen LogP contribution in [0.2, 0.25) is 0 Å². The lowest BCUT2D eigenvalue weighted by molar-refractivity contribution is -0.142. The summed E-state index contributed by atoms with van der Waals surface area (Å²) < 4.78 is 5.31. The summed E-state index contributed by atoms with van der Waals surface area (Å²) in [6.07, 6.45) is 6.02. The van der Waals surface area contributed by atoms with Crippen LogP contribution in [0.4, 0.5) is 4.79 Å². The van der Waals surface area contributed by atoms with E-state index in [1.54, 1.807) is 44.7 Å². The second-order valence-corrected chi connectivity index (χ2v) is 9.95. The van der Waals surface area contributed by atoms with Gasteiger partial charge >= 0.3 is 6.09 Å². The van der Waals surface area contributed by atoms with E-state index in [1.165, 1.54) is 12.1 Å². The molecular formula is C27H45N3O5. The number of carbonyl (C=O) groups excluding carboxylic acids is 3. The molecule has 2 unspecified atom stereocenters. The van der Waals surface area contributed by atoms with Gasteiger partial charge in [0.1, 0.15) is 23.4 Å². The number of phenols is 1. The van der Waals surface area contributed by atoms with E-state index in [1.807, 2.05) is 6.92 Å². The van der Waals surface area contributed by atoms with Gasteiger partial charge in [-0.3, -0.25) is 9.59 Å². The SMILES string of the molecule is CCCCCCCN(C(=O)C(C)NC(=O)OC(C)(C)C)C(C(=O)NCCCC)c1ccc(O)cc1. The minimum atomic E-state index is -0.886. The Hall–Kier alpha value is -2.77. The summed E-state index contributed by atoms with van der Waals surface area (Å²) in [5.41, 5.74) is -0.0947. The van der Waals surface area contributed by atoms with Crippen LogP contribution in [-0.2, 0) is 14.3 Å². The van der Waals surface area contributed by atoms with E-state index in [-0.39, 0.29) is 17.6 Å². The van der Waals surface area contributed by atoms with E-state index in [2.05, 4.69) is 17.6 Å². The molecule has 0 bridgehead atoms. The molecule has 1 aromatic carbocycles. The highest BCUT2D eigenvalue weighted by Crippen LogP contribution is 2.25. The predicted molar refractivity (Wildman–Crippen MR) is 138 cm³/mol. The Bertz CT molecular complexity index is 789. The van der Waals surface area contributed by atoms with Gasteiger partial charge in [0.25, 0.3) is 0 Å². The number of unbranched alkanes of at least 4 members (excludes halogenated alkanes) is 5. The first-order chi connectivity index (χ1) is 16.5. The zero-order chi connectivity index (χ0) is 26.4. The lowest BCUT2D eigenvalue weighted by Crippen LogP contribution is -2.52. The third-order valence-electron chi connectivity index (χ3n) is 5.49.